The second kappa shape index (κ2) is 9.21. The third kappa shape index (κ3) is 4.66. The topological polar surface area (TPSA) is 44.4 Å². The van der Waals surface area contributed by atoms with Crippen LogP contribution in [-0.2, 0) is 17.9 Å². The molecule has 4 rings (SSSR count). The summed E-state index contributed by atoms with van der Waals surface area (Å²) in [4.78, 5) is 15.0. The molecule has 2 atom stereocenters. The van der Waals surface area contributed by atoms with Crippen LogP contribution >= 0.6 is 0 Å². The first kappa shape index (κ1) is 19.6. The number of rotatable bonds is 7. The van der Waals surface area contributed by atoms with Crippen molar-refractivity contribution in [1.29, 1.82) is 0 Å². The highest BCUT2D eigenvalue weighted by molar-refractivity contribution is 5.85. The van der Waals surface area contributed by atoms with Crippen LogP contribution in [0.5, 0.6) is 0 Å². The van der Waals surface area contributed by atoms with Gasteiger partial charge >= 0.3 is 0 Å². The molecular weight excluding hydrogens is 358 g/mol. The van der Waals surface area contributed by atoms with Crippen LogP contribution in [0.2, 0.25) is 0 Å². The molecule has 0 radical (unpaired) electrons. The van der Waals surface area contributed by atoms with Crippen LogP contribution < -0.4 is 10.6 Å². The predicted molar refractivity (Wildman–Crippen MR) is 119 cm³/mol. The van der Waals surface area contributed by atoms with Gasteiger partial charge in [-0.25, -0.2) is 0 Å². The van der Waals surface area contributed by atoms with Crippen molar-refractivity contribution in [2.24, 2.45) is 0 Å². The molecule has 1 saturated heterocycles. The van der Waals surface area contributed by atoms with Gasteiger partial charge in [-0.1, -0.05) is 72.8 Å². The molecule has 0 unspecified atom stereocenters. The summed E-state index contributed by atoms with van der Waals surface area (Å²) >= 11 is 0. The van der Waals surface area contributed by atoms with Crippen LogP contribution in [0.1, 0.15) is 24.5 Å². The van der Waals surface area contributed by atoms with E-state index < -0.39 is 0 Å². The molecule has 1 aliphatic rings. The number of likely N-dealkylation sites (tertiary alicyclic amines) is 1. The van der Waals surface area contributed by atoms with Gasteiger partial charge in [0, 0.05) is 32.2 Å². The monoisotopic (exact) mass is 387 g/mol. The first-order valence-corrected chi connectivity index (χ1v) is 10.5. The average molecular weight is 388 g/mol. The van der Waals surface area contributed by atoms with E-state index in [9.17, 15) is 4.79 Å². The molecule has 2 N–H and O–H groups in total. The number of hydrogen-bond acceptors (Lipinski definition) is 3. The summed E-state index contributed by atoms with van der Waals surface area (Å²) in [6, 6.07) is 25.6. The molecule has 29 heavy (non-hydrogen) atoms. The van der Waals surface area contributed by atoms with Gasteiger partial charge in [-0.15, -0.1) is 0 Å². The van der Waals surface area contributed by atoms with E-state index >= 15 is 0 Å². The van der Waals surface area contributed by atoms with Crippen molar-refractivity contribution in [3.8, 4) is 0 Å². The van der Waals surface area contributed by atoms with Crippen LogP contribution in [0.3, 0.4) is 0 Å². The number of carbonyl (C=O) groups excluding carboxylic acids is 1. The van der Waals surface area contributed by atoms with Crippen molar-refractivity contribution in [1.82, 2.24) is 15.5 Å². The number of nitrogens with zero attached hydrogens (tertiary/aromatic N) is 1. The largest absolute Gasteiger partial charge is 0.355 e. The first-order chi connectivity index (χ1) is 14.2. The Kier molecular flexibility index (Phi) is 6.23. The van der Waals surface area contributed by atoms with E-state index in [-0.39, 0.29) is 11.9 Å². The van der Waals surface area contributed by atoms with E-state index in [1.54, 1.807) is 0 Å². The zero-order valence-corrected chi connectivity index (χ0v) is 17.0. The van der Waals surface area contributed by atoms with Gasteiger partial charge in [-0.05, 0) is 35.2 Å². The molecule has 0 bridgehead atoms. The Morgan fingerprint density at radius 1 is 1.00 bits per heavy atom. The Bertz CT molecular complexity index is 951. The van der Waals surface area contributed by atoms with E-state index in [0.29, 0.717) is 12.6 Å². The van der Waals surface area contributed by atoms with Crippen LogP contribution in [-0.4, -0.2) is 36.0 Å². The van der Waals surface area contributed by atoms with Crippen molar-refractivity contribution < 1.29 is 4.79 Å². The lowest BCUT2D eigenvalue weighted by molar-refractivity contribution is -0.125. The van der Waals surface area contributed by atoms with Gasteiger partial charge in [0.1, 0.15) is 0 Å². The van der Waals surface area contributed by atoms with Crippen molar-refractivity contribution in [2.75, 3.05) is 13.1 Å². The van der Waals surface area contributed by atoms with Crippen molar-refractivity contribution >= 4 is 16.7 Å². The second-order valence-corrected chi connectivity index (χ2v) is 7.78. The zero-order chi connectivity index (χ0) is 20.1. The molecule has 1 aliphatic heterocycles. The molecular formula is C25H29N3O. The normalized spacial score (nSPS) is 19.5. The fraction of sp³-hybridized carbons (Fsp3) is 0.320. The lowest BCUT2D eigenvalue weighted by atomic mass is 10.0. The lowest BCUT2D eigenvalue weighted by Gasteiger charge is -2.23. The molecule has 3 aromatic carbocycles. The average Bonchev–Trinajstić information content (AvgIpc) is 3.16. The molecule has 150 valence electrons. The Balaban J connectivity index is 1.45. The van der Waals surface area contributed by atoms with Crippen molar-refractivity contribution in [2.45, 2.75) is 38.5 Å². The molecule has 3 aromatic rings. The van der Waals surface area contributed by atoms with Crippen molar-refractivity contribution in [3.63, 3.8) is 0 Å². The molecule has 1 amide bonds. The number of benzene rings is 3. The van der Waals surface area contributed by atoms with Crippen LogP contribution in [0.25, 0.3) is 10.8 Å². The van der Waals surface area contributed by atoms with E-state index in [2.05, 4.69) is 82.3 Å². The Hall–Kier alpha value is -2.69. The summed E-state index contributed by atoms with van der Waals surface area (Å²) in [6.45, 7) is 5.14. The van der Waals surface area contributed by atoms with Gasteiger partial charge in [-0.2, -0.15) is 0 Å². The maximum Gasteiger partial charge on any atom is 0.237 e. The molecule has 4 nitrogen and oxygen atoms in total. The molecule has 1 fully saturated rings. The predicted octanol–water partition coefficient (Wildman–Crippen LogP) is 3.71. The highest BCUT2D eigenvalue weighted by Crippen LogP contribution is 2.23. The minimum atomic E-state index is -0.0832. The van der Waals surface area contributed by atoms with Gasteiger partial charge in [0.05, 0.1) is 6.04 Å². The number of fused-ring (bicyclic) bond motifs is 1. The highest BCUT2D eigenvalue weighted by atomic mass is 16.2. The summed E-state index contributed by atoms with van der Waals surface area (Å²) in [6.07, 6.45) is 0.837. The molecule has 0 saturated carbocycles. The van der Waals surface area contributed by atoms with E-state index in [1.807, 2.05) is 13.0 Å². The van der Waals surface area contributed by atoms with Crippen molar-refractivity contribution in [3.05, 3.63) is 83.9 Å². The maximum atomic E-state index is 12.7. The summed E-state index contributed by atoms with van der Waals surface area (Å²) in [5, 5.41) is 9.29. The summed E-state index contributed by atoms with van der Waals surface area (Å²) in [5.74, 6) is 0.137. The lowest BCUT2D eigenvalue weighted by Crippen LogP contribution is -2.42. The SMILES string of the molecule is CCNC(=O)[C@@H]1C[C@H](NCc2cccc3ccccc23)CN1Cc1ccccc1. The summed E-state index contributed by atoms with van der Waals surface area (Å²) < 4.78 is 0. The molecule has 0 spiro atoms. The van der Waals surface area contributed by atoms with Crippen LogP contribution in [0.15, 0.2) is 72.8 Å². The number of likely N-dealkylation sites (N-methyl/N-ethyl adjacent to an activating group) is 1. The minimum absolute atomic E-state index is 0.0832. The number of carbonyl (C=O) groups is 1. The zero-order valence-electron chi connectivity index (χ0n) is 17.0. The molecule has 4 heteroatoms. The molecule has 0 aromatic heterocycles. The number of nitrogens with one attached hydrogen (secondary N) is 2. The van der Waals surface area contributed by atoms with E-state index in [1.165, 1.54) is 21.9 Å². The minimum Gasteiger partial charge on any atom is -0.355 e. The molecule has 0 aliphatic carbocycles. The quantitative estimate of drug-likeness (QED) is 0.650. The standard InChI is InChI=1S/C25H29N3O/c1-2-26-25(29)24-15-22(18-28(24)17-19-9-4-3-5-10-19)27-16-21-13-8-12-20-11-6-7-14-23(20)21/h3-14,22,24,27H,2,15-18H2,1H3,(H,26,29)/t22-,24-/m0/s1. The Morgan fingerprint density at radius 3 is 2.59 bits per heavy atom. The van der Waals surface area contributed by atoms with E-state index in [0.717, 1.165) is 26.1 Å². The second-order valence-electron chi connectivity index (χ2n) is 7.78. The third-order valence-electron chi connectivity index (χ3n) is 5.75. The first-order valence-electron chi connectivity index (χ1n) is 10.5. The van der Waals surface area contributed by atoms with Gasteiger partial charge in [0.25, 0.3) is 0 Å². The Labute approximate surface area is 172 Å². The highest BCUT2D eigenvalue weighted by Gasteiger charge is 2.36. The summed E-state index contributed by atoms with van der Waals surface area (Å²) in [5.41, 5.74) is 2.55. The smallest absolute Gasteiger partial charge is 0.237 e. The third-order valence-corrected chi connectivity index (χ3v) is 5.75. The number of amides is 1. The Morgan fingerprint density at radius 2 is 1.76 bits per heavy atom. The fourth-order valence-corrected chi connectivity index (χ4v) is 4.31. The van der Waals surface area contributed by atoms with Crippen LogP contribution in [0, 0.1) is 0 Å². The maximum absolute atomic E-state index is 12.7. The van der Waals surface area contributed by atoms with E-state index in [4.69, 9.17) is 0 Å². The van der Waals surface area contributed by atoms with Crippen LogP contribution in [0.4, 0.5) is 0 Å². The van der Waals surface area contributed by atoms with Gasteiger partial charge in [0.2, 0.25) is 5.91 Å². The van der Waals surface area contributed by atoms with Gasteiger partial charge in [-0.3, -0.25) is 9.69 Å². The number of hydrogen-bond donors (Lipinski definition) is 2. The van der Waals surface area contributed by atoms with Gasteiger partial charge in [0.15, 0.2) is 0 Å². The molecule has 1 heterocycles. The fourth-order valence-electron chi connectivity index (χ4n) is 4.31. The summed E-state index contributed by atoms with van der Waals surface area (Å²) in [7, 11) is 0. The van der Waals surface area contributed by atoms with Gasteiger partial charge < -0.3 is 10.6 Å².